The van der Waals surface area contributed by atoms with Crippen molar-refractivity contribution in [2.75, 3.05) is 36.9 Å². The first kappa shape index (κ1) is 26.1. The molecular weight excluding hydrogens is 527 g/mol. The summed E-state index contributed by atoms with van der Waals surface area (Å²) in [7, 11) is 4.44. The summed E-state index contributed by atoms with van der Waals surface area (Å²) in [4.78, 5) is 26.0. The zero-order chi connectivity index (χ0) is 26.9. The Labute approximate surface area is 221 Å². The van der Waals surface area contributed by atoms with Crippen LogP contribution in [-0.4, -0.2) is 52.2 Å². The molecule has 0 spiro atoms. The van der Waals surface area contributed by atoms with Crippen molar-refractivity contribution in [1.82, 2.24) is 15.0 Å². The zero-order valence-electron chi connectivity index (χ0n) is 20.4. The number of hydrogen-bond donors (Lipinski definition) is 2. The summed E-state index contributed by atoms with van der Waals surface area (Å²) in [5.41, 5.74) is -0.606. The van der Waals surface area contributed by atoms with E-state index in [1.54, 1.807) is 32.0 Å². The van der Waals surface area contributed by atoms with E-state index >= 15 is 0 Å². The first-order valence-corrected chi connectivity index (χ1v) is 11.5. The van der Waals surface area contributed by atoms with Gasteiger partial charge in [0, 0.05) is 17.8 Å². The quantitative estimate of drug-likeness (QED) is 0.246. The first-order chi connectivity index (χ1) is 17.6. The molecule has 194 valence electrons. The van der Waals surface area contributed by atoms with Crippen molar-refractivity contribution in [3.05, 3.63) is 36.3 Å². The van der Waals surface area contributed by atoms with Gasteiger partial charge in [-0.25, -0.2) is 14.4 Å². The van der Waals surface area contributed by atoms with Gasteiger partial charge in [0.2, 0.25) is 11.7 Å². The van der Waals surface area contributed by atoms with E-state index in [1.165, 1.54) is 27.4 Å². The second kappa shape index (κ2) is 10.2. The summed E-state index contributed by atoms with van der Waals surface area (Å²) in [5.74, 6) is 0.259. The van der Waals surface area contributed by atoms with Gasteiger partial charge in [-0.3, -0.25) is 9.69 Å². The topological polar surface area (TPSA) is 120 Å². The number of thiocarbonyl (C=S) groups is 1. The number of benzene rings is 1. The summed E-state index contributed by atoms with van der Waals surface area (Å²) < 4.78 is 36.4. The number of methoxy groups -OCH3 is 3. The molecule has 1 aliphatic heterocycles. The third kappa shape index (κ3) is 5.13. The second-order valence-electron chi connectivity index (χ2n) is 8.08. The minimum absolute atomic E-state index is 0.0138. The lowest BCUT2D eigenvalue weighted by atomic mass is 10.1. The molecule has 1 aliphatic rings. The molecule has 0 saturated carbocycles. The standard InChI is InChI=1S/C23H22ClFN6O5S/c1-23(2)20(32)29-18-13(36-23)6-7-16(28-18)31(21(24)37)19-12(25)10-26-22(30-19)27-11-8-14(33-3)17(35-5)15(9-11)34-4/h6-10H,1-5H3,(H,26,27,30)(H,28,29,32). The third-order valence-corrected chi connectivity index (χ3v) is 5.60. The average molecular weight is 549 g/mol. The van der Waals surface area contributed by atoms with Gasteiger partial charge in [-0.2, -0.15) is 4.98 Å². The normalized spacial score (nSPS) is 13.5. The third-order valence-electron chi connectivity index (χ3n) is 5.25. The molecule has 2 N–H and O–H groups in total. The number of hydrogen-bond acceptors (Lipinski definition) is 10. The SMILES string of the molecule is COc1cc(Nc2ncc(F)c(N(C(=S)Cl)c3ccc4c(n3)NC(=O)C(C)(C)O4)n2)cc(OC)c1OC. The molecule has 1 amide bonds. The van der Waals surface area contributed by atoms with Crippen LogP contribution >= 0.6 is 23.8 Å². The summed E-state index contributed by atoms with van der Waals surface area (Å²) in [6, 6.07) is 6.34. The number of aromatic nitrogens is 3. The van der Waals surface area contributed by atoms with Crippen molar-refractivity contribution < 1.29 is 28.1 Å². The smallest absolute Gasteiger partial charge is 0.269 e. The molecular formula is C23H22ClFN6O5S. The van der Waals surface area contributed by atoms with Crippen LogP contribution in [-0.2, 0) is 4.79 Å². The van der Waals surface area contributed by atoms with E-state index in [-0.39, 0.29) is 27.8 Å². The molecule has 37 heavy (non-hydrogen) atoms. The molecule has 0 bridgehead atoms. The number of anilines is 5. The largest absolute Gasteiger partial charge is 0.493 e. The molecule has 14 heteroatoms. The van der Waals surface area contributed by atoms with Crippen LogP contribution in [0.25, 0.3) is 0 Å². The van der Waals surface area contributed by atoms with Gasteiger partial charge in [0.05, 0.1) is 27.5 Å². The van der Waals surface area contributed by atoms with Crippen LogP contribution in [0.1, 0.15) is 13.8 Å². The number of ether oxygens (including phenoxy) is 4. The highest BCUT2D eigenvalue weighted by molar-refractivity contribution is 7.83. The van der Waals surface area contributed by atoms with Crippen molar-refractivity contribution in [2.24, 2.45) is 0 Å². The Bertz CT molecular complexity index is 1370. The van der Waals surface area contributed by atoms with Crippen LogP contribution in [0, 0.1) is 5.82 Å². The first-order valence-electron chi connectivity index (χ1n) is 10.7. The monoisotopic (exact) mass is 548 g/mol. The maximum Gasteiger partial charge on any atom is 0.269 e. The fourth-order valence-electron chi connectivity index (χ4n) is 3.45. The van der Waals surface area contributed by atoms with Gasteiger partial charge in [0.25, 0.3) is 5.91 Å². The van der Waals surface area contributed by atoms with E-state index in [1.807, 2.05) is 0 Å². The highest BCUT2D eigenvalue weighted by atomic mass is 35.5. The number of fused-ring (bicyclic) bond motifs is 1. The van der Waals surface area contributed by atoms with Crippen molar-refractivity contribution in [3.63, 3.8) is 0 Å². The van der Waals surface area contributed by atoms with Crippen LogP contribution in [0.3, 0.4) is 0 Å². The maximum atomic E-state index is 15.0. The number of nitrogens with zero attached hydrogens (tertiary/aromatic N) is 4. The number of halogens is 2. The average Bonchev–Trinajstić information content (AvgIpc) is 2.85. The van der Waals surface area contributed by atoms with Crippen LogP contribution in [0.5, 0.6) is 23.0 Å². The molecule has 0 fully saturated rings. The number of pyridine rings is 1. The van der Waals surface area contributed by atoms with Crippen LogP contribution < -0.4 is 34.5 Å². The molecule has 1 aromatic carbocycles. The lowest BCUT2D eigenvalue weighted by Crippen LogP contribution is -2.46. The number of rotatable bonds is 7. The molecule has 0 atom stereocenters. The summed E-state index contributed by atoms with van der Waals surface area (Å²) in [5, 5.41) is 5.63. The highest BCUT2D eigenvalue weighted by Gasteiger charge is 2.36. The molecule has 4 rings (SSSR count). The minimum atomic E-state index is -1.08. The van der Waals surface area contributed by atoms with E-state index < -0.39 is 17.3 Å². The van der Waals surface area contributed by atoms with Crippen molar-refractivity contribution >= 4 is 63.3 Å². The van der Waals surface area contributed by atoms with Gasteiger partial charge in [-0.05, 0) is 38.2 Å². The zero-order valence-corrected chi connectivity index (χ0v) is 22.0. The van der Waals surface area contributed by atoms with E-state index in [0.29, 0.717) is 28.7 Å². The molecule has 3 heterocycles. The lowest BCUT2D eigenvalue weighted by Gasteiger charge is -2.31. The van der Waals surface area contributed by atoms with Crippen LogP contribution in [0.4, 0.5) is 33.5 Å². The molecule has 3 aromatic rings. The number of carbonyl (C=O) groups excluding carboxylic acids is 1. The molecule has 0 unspecified atom stereocenters. The predicted octanol–water partition coefficient (Wildman–Crippen LogP) is 4.55. The molecule has 0 aliphatic carbocycles. The van der Waals surface area contributed by atoms with Crippen LogP contribution in [0.15, 0.2) is 30.5 Å². The maximum absolute atomic E-state index is 15.0. The molecule has 0 radical (unpaired) electrons. The van der Waals surface area contributed by atoms with Crippen molar-refractivity contribution in [1.29, 1.82) is 0 Å². The Morgan fingerprint density at radius 1 is 1.16 bits per heavy atom. The van der Waals surface area contributed by atoms with E-state index in [4.69, 9.17) is 42.8 Å². The lowest BCUT2D eigenvalue weighted by molar-refractivity contribution is -0.129. The number of nitrogens with one attached hydrogen (secondary N) is 2. The van der Waals surface area contributed by atoms with Gasteiger partial charge in [-0.1, -0.05) is 11.6 Å². The van der Waals surface area contributed by atoms with E-state index in [9.17, 15) is 9.18 Å². The predicted molar refractivity (Wildman–Crippen MR) is 140 cm³/mol. The molecule has 0 saturated heterocycles. The van der Waals surface area contributed by atoms with Crippen molar-refractivity contribution in [3.8, 4) is 23.0 Å². The Morgan fingerprint density at radius 2 is 1.84 bits per heavy atom. The minimum Gasteiger partial charge on any atom is -0.493 e. The van der Waals surface area contributed by atoms with Crippen molar-refractivity contribution in [2.45, 2.75) is 19.4 Å². The second-order valence-corrected chi connectivity index (χ2v) is 9.04. The van der Waals surface area contributed by atoms with E-state index in [0.717, 1.165) is 11.1 Å². The summed E-state index contributed by atoms with van der Waals surface area (Å²) >= 11 is 11.3. The Balaban J connectivity index is 1.71. The fourth-order valence-corrected chi connectivity index (χ4v) is 3.80. The molecule has 11 nitrogen and oxygen atoms in total. The Hall–Kier alpha value is -3.97. The van der Waals surface area contributed by atoms with Gasteiger partial charge in [0.15, 0.2) is 44.8 Å². The fraction of sp³-hybridized carbons (Fsp3) is 0.261. The Morgan fingerprint density at radius 3 is 2.43 bits per heavy atom. The van der Waals surface area contributed by atoms with Gasteiger partial charge < -0.3 is 29.6 Å². The van der Waals surface area contributed by atoms with Gasteiger partial charge in [0.1, 0.15) is 5.82 Å². The summed E-state index contributed by atoms with van der Waals surface area (Å²) in [6.45, 7) is 3.25. The number of amides is 1. The Kier molecular flexibility index (Phi) is 7.18. The van der Waals surface area contributed by atoms with Gasteiger partial charge in [-0.15, -0.1) is 0 Å². The van der Waals surface area contributed by atoms with E-state index in [2.05, 4.69) is 25.6 Å². The van der Waals surface area contributed by atoms with Crippen LogP contribution in [0.2, 0.25) is 0 Å². The number of carbonyl (C=O) groups is 1. The molecule has 2 aromatic heterocycles. The van der Waals surface area contributed by atoms with Gasteiger partial charge >= 0.3 is 0 Å². The highest BCUT2D eigenvalue weighted by Crippen LogP contribution is 2.41. The summed E-state index contributed by atoms with van der Waals surface area (Å²) in [6.07, 6.45) is 0.955.